The van der Waals surface area contributed by atoms with Gasteiger partial charge in [-0.2, -0.15) is 0 Å². The van der Waals surface area contributed by atoms with Crippen LogP contribution in [0.1, 0.15) is 44.5 Å². The summed E-state index contributed by atoms with van der Waals surface area (Å²) < 4.78 is 12.0. The van der Waals surface area contributed by atoms with Crippen molar-refractivity contribution in [3.8, 4) is 11.5 Å². The van der Waals surface area contributed by atoms with Crippen LogP contribution in [-0.4, -0.2) is 51.5 Å². The maximum Gasteiger partial charge on any atom is 0.342 e. The molecule has 0 radical (unpaired) electrons. The molecule has 0 amide bonds. The molecular formula is C33H36O7. The molecule has 4 aliphatic rings. The Morgan fingerprint density at radius 3 is 2.45 bits per heavy atom. The molecule has 2 fully saturated rings. The van der Waals surface area contributed by atoms with Gasteiger partial charge in [-0.05, 0) is 71.9 Å². The summed E-state index contributed by atoms with van der Waals surface area (Å²) in [4.78, 5) is 28.2. The number of Topliss-reactive ketones (excluding diaryl/α,β-unsaturated/α-hetero) is 1. The fourth-order valence-corrected chi connectivity index (χ4v) is 8.10. The highest BCUT2D eigenvalue weighted by molar-refractivity contribution is 5.96. The molecule has 210 valence electrons. The third kappa shape index (κ3) is 3.54. The Morgan fingerprint density at radius 2 is 1.75 bits per heavy atom. The Hall–Kier alpha value is -3.26. The van der Waals surface area contributed by atoms with Crippen molar-refractivity contribution in [2.45, 2.75) is 51.9 Å². The normalized spacial score (nSPS) is 37.2. The largest absolute Gasteiger partial charge is 0.456 e. The van der Waals surface area contributed by atoms with Crippen LogP contribution in [-0.2, 0) is 9.53 Å². The van der Waals surface area contributed by atoms with E-state index in [4.69, 9.17) is 9.47 Å². The molecule has 4 aliphatic carbocycles. The summed E-state index contributed by atoms with van der Waals surface area (Å²) in [7, 11) is 0. The minimum absolute atomic E-state index is 0.0512. The van der Waals surface area contributed by atoms with Crippen molar-refractivity contribution in [2.24, 2.45) is 34.5 Å². The zero-order chi connectivity index (χ0) is 28.6. The number of aliphatic hydroxyl groups excluding tert-OH is 2. The number of ketones is 1. The van der Waals surface area contributed by atoms with E-state index in [-0.39, 0.29) is 45.8 Å². The monoisotopic (exact) mass is 544 g/mol. The molecule has 3 N–H and O–H groups in total. The van der Waals surface area contributed by atoms with Gasteiger partial charge in [0, 0.05) is 5.92 Å². The van der Waals surface area contributed by atoms with Gasteiger partial charge in [-0.15, -0.1) is 0 Å². The molecule has 8 atom stereocenters. The second kappa shape index (κ2) is 9.13. The highest BCUT2D eigenvalue weighted by Crippen LogP contribution is 2.71. The lowest BCUT2D eigenvalue weighted by atomic mass is 9.59. The number of benzene rings is 2. The Balaban J connectivity index is 1.40. The average Bonchev–Trinajstić information content (AvgIpc) is 3.43. The van der Waals surface area contributed by atoms with Gasteiger partial charge in [0.15, 0.2) is 17.5 Å². The quantitative estimate of drug-likeness (QED) is 0.376. The summed E-state index contributed by atoms with van der Waals surface area (Å²) in [5.74, 6) is -0.701. The lowest BCUT2D eigenvalue weighted by Crippen LogP contribution is -2.65. The van der Waals surface area contributed by atoms with E-state index >= 15 is 0 Å². The number of hydrogen-bond acceptors (Lipinski definition) is 7. The van der Waals surface area contributed by atoms with Crippen LogP contribution in [0.5, 0.6) is 11.5 Å². The summed E-state index contributed by atoms with van der Waals surface area (Å²) in [6.45, 7) is 7.42. The molecule has 6 rings (SSSR count). The SMILES string of the molecule is CC1=C[C@]23C(=O)[C@@H](C=C(CO)[C@@H](O)[C@]2(O)[C@H]1OC(=O)c1ccccc1Oc1ccccc1)C1[C@@H](C[C@H]3C)C1(C)C. The van der Waals surface area contributed by atoms with Crippen LogP contribution in [0.3, 0.4) is 0 Å². The third-order valence-electron chi connectivity index (χ3n) is 10.2. The lowest BCUT2D eigenvalue weighted by molar-refractivity contribution is -0.190. The third-order valence-corrected chi connectivity index (χ3v) is 10.2. The Labute approximate surface area is 234 Å². The van der Waals surface area contributed by atoms with Crippen LogP contribution in [0.2, 0.25) is 0 Å². The minimum Gasteiger partial charge on any atom is -0.456 e. The molecule has 0 saturated heterocycles. The number of esters is 1. The molecule has 1 unspecified atom stereocenters. The molecule has 2 aromatic rings. The predicted octanol–water partition coefficient (Wildman–Crippen LogP) is 4.47. The van der Waals surface area contributed by atoms with Crippen molar-refractivity contribution < 1.29 is 34.4 Å². The van der Waals surface area contributed by atoms with Crippen LogP contribution in [0.15, 0.2) is 77.9 Å². The lowest BCUT2D eigenvalue weighted by Gasteiger charge is -2.48. The first-order valence-corrected chi connectivity index (χ1v) is 14.0. The van der Waals surface area contributed by atoms with E-state index in [2.05, 4.69) is 13.8 Å². The Kier molecular flexibility index (Phi) is 6.15. The number of carbonyl (C=O) groups is 2. The van der Waals surface area contributed by atoms with Gasteiger partial charge in [0.05, 0.1) is 12.0 Å². The molecular weight excluding hydrogens is 508 g/mol. The van der Waals surface area contributed by atoms with Gasteiger partial charge in [-0.25, -0.2) is 4.79 Å². The van der Waals surface area contributed by atoms with Crippen LogP contribution < -0.4 is 4.74 Å². The van der Waals surface area contributed by atoms with Crippen molar-refractivity contribution in [1.82, 2.24) is 0 Å². The van der Waals surface area contributed by atoms with Gasteiger partial charge in [0.2, 0.25) is 0 Å². The van der Waals surface area contributed by atoms with E-state index in [1.54, 1.807) is 55.5 Å². The zero-order valence-electron chi connectivity index (χ0n) is 23.2. The number of fused-ring (bicyclic) bond motifs is 3. The van der Waals surface area contributed by atoms with Gasteiger partial charge in [-0.3, -0.25) is 4.79 Å². The number of ether oxygens (including phenoxy) is 2. The number of allylic oxidation sites excluding steroid dienone is 1. The summed E-state index contributed by atoms with van der Waals surface area (Å²) in [6.07, 6.45) is 1.15. The molecule has 7 nitrogen and oxygen atoms in total. The topological polar surface area (TPSA) is 113 Å². The maximum absolute atomic E-state index is 14.5. The van der Waals surface area contributed by atoms with Gasteiger partial charge < -0.3 is 24.8 Å². The second-order valence-electron chi connectivity index (χ2n) is 12.6. The van der Waals surface area contributed by atoms with Crippen molar-refractivity contribution in [3.63, 3.8) is 0 Å². The van der Waals surface area contributed by atoms with E-state index in [9.17, 15) is 24.9 Å². The molecule has 0 heterocycles. The summed E-state index contributed by atoms with van der Waals surface area (Å²) in [5, 5.41) is 34.6. The first kappa shape index (κ1) is 26.9. The predicted molar refractivity (Wildman–Crippen MR) is 148 cm³/mol. The van der Waals surface area contributed by atoms with Crippen LogP contribution in [0.25, 0.3) is 0 Å². The van der Waals surface area contributed by atoms with Crippen LogP contribution in [0.4, 0.5) is 0 Å². The summed E-state index contributed by atoms with van der Waals surface area (Å²) in [6, 6.07) is 15.7. The smallest absolute Gasteiger partial charge is 0.342 e. The number of rotatable bonds is 5. The number of hydrogen-bond donors (Lipinski definition) is 3. The fourth-order valence-electron chi connectivity index (χ4n) is 8.10. The number of para-hydroxylation sites is 2. The molecule has 1 spiro atoms. The number of carbonyl (C=O) groups excluding carboxylic acids is 2. The van der Waals surface area contributed by atoms with Crippen molar-refractivity contribution >= 4 is 11.8 Å². The van der Waals surface area contributed by atoms with E-state index in [0.717, 1.165) is 0 Å². The van der Waals surface area contributed by atoms with Gasteiger partial charge >= 0.3 is 5.97 Å². The van der Waals surface area contributed by atoms with E-state index in [0.29, 0.717) is 17.7 Å². The first-order chi connectivity index (χ1) is 19.0. The first-order valence-electron chi connectivity index (χ1n) is 14.0. The van der Waals surface area contributed by atoms with Gasteiger partial charge in [-0.1, -0.05) is 63.3 Å². The average molecular weight is 545 g/mol. The second-order valence-corrected chi connectivity index (χ2v) is 12.6. The van der Waals surface area contributed by atoms with Gasteiger partial charge in [0.1, 0.15) is 23.2 Å². The highest BCUT2D eigenvalue weighted by Gasteiger charge is 2.76. The molecule has 2 bridgehead atoms. The fraction of sp³-hybridized carbons (Fsp3) is 0.455. The number of aliphatic hydroxyl groups is 3. The molecule has 0 aliphatic heterocycles. The van der Waals surface area contributed by atoms with Crippen molar-refractivity contribution in [2.75, 3.05) is 6.61 Å². The maximum atomic E-state index is 14.5. The highest BCUT2D eigenvalue weighted by atomic mass is 16.6. The van der Waals surface area contributed by atoms with Crippen LogP contribution in [0, 0.1) is 34.5 Å². The van der Waals surface area contributed by atoms with E-state index in [1.807, 2.05) is 25.1 Å². The molecule has 7 heteroatoms. The molecule has 2 aromatic carbocycles. The molecule has 0 aromatic heterocycles. The summed E-state index contributed by atoms with van der Waals surface area (Å²) in [5.41, 5.74) is -2.93. The van der Waals surface area contributed by atoms with E-state index in [1.165, 1.54) is 0 Å². The van der Waals surface area contributed by atoms with Crippen molar-refractivity contribution in [1.29, 1.82) is 0 Å². The Bertz CT molecular complexity index is 1430. The minimum atomic E-state index is -2.19. The Morgan fingerprint density at radius 1 is 1.07 bits per heavy atom. The summed E-state index contributed by atoms with van der Waals surface area (Å²) >= 11 is 0. The van der Waals surface area contributed by atoms with E-state index < -0.39 is 41.7 Å². The standard InChI is InChI=1S/C33H36O7/c1-18-16-32-19(2)14-24-26(31(24,3)4)23(28(32)36)15-20(17-34)27(35)33(32,38)29(18)40-30(37)22-12-8-9-13-25(22)39-21-10-6-5-7-11-21/h5-13,15-16,19,23-24,26-27,29,34-35,38H,14,17H2,1-4H3/t19-,23+,24-,26?,27-,29+,32+,33+/m1/s1. The molecule has 40 heavy (non-hydrogen) atoms. The van der Waals surface area contributed by atoms with Gasteiger partial charge in [0.25, 0.3) is 0 Å². The zero-order valence-corrected chi connectivity index (χ0v) is 23.2. The van der Waals surface area contributed by atoms with Crippen molar-refractivity contribution in [3.05, 3.63) is 83.5 Å². The molecule has 2 saturated carbocycles. The van der Waals surface area contributed by atoms with Crippen LogP contribution >= 0.6 is 0 Å².